The van der Waals surface area contributed by atoms with E-state index in [2.05, 4.69) is 5.32 Å². The normalized spacial score (nSPS) is 15.0. The van der Waals surface area contributed by atoms with E-state index in [0.717, 1.165) is 31.3 Å². The molecule has 1 saturated carbocycles. The number of benzene rings is 1. The summed E-state index contributed by atoms with van der Waals surface area (Å²) in [5.74, 6) is -2.29. The highest BCUT2D eigenvalue weighted by Crippen LogP contribution is 2.23. The van der Waals surface area contributed by atoms with Crippen LogP contribution in [0.25, 0.3) is 0 Å². The molecule has 0 bridgehead atoms. The minimum Gasteiger partial charge on any atom is -0.323 e. The molecule has 7 heteroatoms. The Balaban J connectivity index is 1.92. The van der Waals surface area contributed by atoms with Gasteiger partial charge in [-0.1, -0.05) is 12.0 Å². The number of alkyl halides is 3. The predicted molar refractivity (Wildman–Crippen MR) is 80.9 cm³/mol. The van der Waals surface area contributed by atoms with Crippen molar-refractivity contribution in [2.24, 2.45) is 0 Å². The molecule has 1 aliphatic carbocycles. The van der Waals surface area contributed by atoms with E-state index in [1.807, 2.05) is 0 Å². The molecule has 0 radical (unpaired) electrons. The predicted octanol–water partition coefficient (Wildman–Crippen LogP) is 4.02. The molecular weight excluding hydrogens is 309 g/mol. The van der Waals surface area contributed by atoms with E-state index >= 15 is 0 Å². The third-order valence-electron chi connectivity index (χ3n) is 3.50. The zero-order valence-electron chi connectivity index (χ0n) is 12.4. The van der Waals surface area contributed by atoms with Gasteiger partial charge in [-0.05, 0) is 49.9 Å². The quantitative estimate of drug-likeness (QED) is 0.824. The Morgan fingerprint density at radius 3 is 1.96 bits per heavy atom. The molecular formula is C16H17F3N2O2. The number of halogens is 3. The van der Waals surface area contributed by atoms with Gasteiger partial charge in [0.2, 0.25) is 5.91 Å². The summed E-state index contributed by atoms with van der Waals surface area (Å²) in [6.45, 7) is 0. The lowest BCUT2D eigenvalue weighted by molar-refractivity contribution is -0.167. The maximum Gasteiger partial charge on any atom is 0.471 e. The summed E-state index contributed by atoms with van der Waals surface area (Å²) in [5.41, 5.74) is 1.58. The van der Waals surface area contributed by atoms with Gasteiger partial charge in [0, 0.05) is 17.5 Å². The zero-order valence-corrected chi connectivity index (χ0v) is 12.4. The highest BCUT2D eigenvalue weighted by Gasteiger charge is 2.38. The van der Waals surface area contributed by atoms with Crippen molar-refractivity contribution in [1.29, 1.82) is 0 Å². The van der Waals surface area contributed by atoms with Gasteiger partial charge < -0.3 is 10.6 Å². The average Bonchev–Trinajstić information content (AvgIpc) is 2.49. The second kappa shape index (κ2) is 7.30. The fourth-order valence-corrected chi connectivity index (χ4v) is 2.35. The topological polar surface area (TPSA) is 58.2 Å². The van der Waals surface area contributed by atoms with E-state index in [0.29, 0.717) is 5.69 Å². The Bertz CT molecular complexity index is 599. The van der Waals surface area contributed by atoms with Crippen molar-refractivity contribution in [3.05, 3.63) is 35.9 Å². The van der Waals surface area contributed by atoms with Gasteiger partial charge in [-0.3, -0.25) is 9.59 Å². The van der Waals surface area contributed by atoms with Gasteiger partial charge in [0.15, 0.2) is 0 Å². The van der Waals surface area contributed by atoms with Gasteiger partial charge in [0.25, 0.3) is 0 Å². The number of anilines is 2. The Morgan fingerprint density at radius 2 is 1.43 bits per heavy atom. The fourth-order valence-electron chi connectivity index (χ4n) is 2.35. The number of hydrogen-bond acceptors (Lipinski definition) is 2. The van der Waals surface area contributed by atoms with Crippen LogP contribution in [0, 0.1) is 0 Å². The maximum absolute atomic E-state index is 12.1. The Labute approximate surface area is 131 Å². The van der Waals surface area contributed by atoms with Gasteiger partial charge in [-0.2, -0.15) is 13.2 Å². The smallest absolute Gasteiger partial charge is 0.323 e. The van der Waals surface area contributed by atoms with Crippen LogP contribution in [0.1, 0.15) is 32.1 Å². The molecule has 0 aromatic heterocycles. The SMILES string of the molecule is O=C(C=C1CCCCC1)Nc1ccc(NC(=O)C(F)(F)F)cc1. The summed E-state index contributed by atoms with van der Waals surface area (Å²) >= 11 is 0. The monoisotopic (exact) mass is 326 g/mol. The fraction of sp³-hybridized carbons (Fsp3) is 0.375. The van der Waals surface area contributed by atoms with Crippen LogP contribution < -0.4 is 10.6 Å². The second-order valence-corrected chi connectivity index (χ2v) is 5.38. The third kappa shape index (κ3) is 5.43. The molecule has 2 rings (SSSR count). The first kappa shape index (κ1) is 17.1. The van der Waals surface area contributed by atoms with Crippen molar-refractivity contribution in [3.8, 4) is 0 Å². The first-order valence-corrected chi connectivity index (χ1v) is 7.33. The minimum absolute atomic E-state index is 0.0101. The standard InChI is InChI=1S/C16H17F3N2O2/c17-16(18,19)15(23)21-13-8-6-12(7-9-13)20-14(22)10-11-4-2-1-3-5-11/h6-10H,1-5H2,(H,20,22)(H,21,23). The van der Waals surface area contributed by atoms with Crippen LogP contribution in [0.5, 0.6) is 0 Å². The van der Waals surface area contributed by atoms with Gasteiger partial charge in [-0.25, -0.2) is 0 Å². The molecule has 1 aromatic carbocycles. The van der Waals surface area contributed by atoms with Crippen molar-refractivity contribution >= 4 is 23.2 Å². The molecule has 1 aromatic rings. The van der Waals surface area contributed by atoms with Gasteiger partial charge in [0.1, 0.15) is 0 Å². The number of carbonyl (C=O) groups is 2. The Kier molecular flexibility index (Phi) is 5.41. The molecule has 2 amide bonds. The van der Waals surface area contributed by atoms with Crippen molar-refractivity contribution < 1.29 is 22.8 Å². The van der Waals surface area contributed by atoms with Crippen LogP contribution in [-0.2, 0) is 9.59 Å². The van der Waals surface area contributed by atoms with E-state index in [-0.39, 0.29) is 11.6 Å². The van der Waals surface area contributed by atoms with Crippen LogP contribution >= 0.6 is 0 Å². The maximum atomic E-state index is 12.1. The lowest BCUT2D eigenvalue weighted by atomic mass is 9.94. The van der Waals surface area contributed by atoms with Crippen molar-refractivity contribution in [1.82, 2.24) is 0 Å². The molecule has 0 heterocycles. The molecule has 2 N–H and O–H groups in total. The van der Waals surface area contributed by atoms with E-state index in [1.54, 1.807) is 11.4 Å². The third-order valence-corrected chi connectivity index (χ3v) is 3.50. The van der Waals surface area contributed by atoms with Crippen molar-refractivity contribution in [2.45, 2.75) is 38.3 Å². The van der Waals surface area contributed by atoms with E-state index in [4.69, 9.17) is 0 Å². The molecule has 23 heavy (non-hydrogen) atoms. The van der Waals surface area contributed by atoms with Crippen LogP contribution in [0.2, 0.25) is 0 Å². The lowest BCUT2D eigenvalue weighted by Crippen LogP contribution is -2.29. The van der Waals surface area contributed by atoms with Gasteiger partial charge >= 0.3 is 12.1 Å². The molecule has 1 fully saturated rings. The molecule has 4 nitrogen and oxygen atoms in total. The summed E-state index contributed by atoms with van der Waals surface area (Å²) < 4.78 is 36.4. The first-order valence-electron chi connectivity index (χ1n) is 7.33. The molecule has 0 atom stereocenters. The van der Waals surface area contributed by atoms with Gasteiger partial charge in [0.05, 0.1) is 0 Å². The van der Waals surface area contributed by atoms with Crippen LogP contribution in [0.3, 0.4) is 0 Å². The number of amides is 2. The molecule has 0 unspecified atom stereocenters. The van der Waals surface area contributed by atoms with Crippen molar-refractivity contribution in [2.75, 3.05) is 10.6 Å². The first-order chi connectivity index (χ1) is 10.8. The zero-order chi connectivity index (χ0) is 16.9. The highest BCUT2D eigenvalue weighted by atomic mass is 19.4. The molecule has 0 aliphatic heterocycles. The second-order valence-electron chi connectivity index (χ2n) is 5.38. The lowest BCUT2D eigenvalue weighted by Gasteiger charge is -2.13. The summed E-state index contributed by atoms with van der Waals surface area (Å²) in [6.07, 6.45) is 1.87. The number of rotatable bonds is 3. The molecule has 0 saturated heterocycles. The van der Waals surface area contributed by atoms with Crippen LogP contribution in [0.4, 0.5) is 24.5 Å². The summed E-state index contributed by atoms with van der Waals surface area (Å²) in [5, 5.41) is 4.39. The summed E-state index contributed by atoms with van der Waals surface area (Å²) in [6, 6.07) is 5.46. The summed E-state index contributed by atoms with van der Waals surface area (Å²) in [4.78, 5) is 22.7. The van der Waals surface area contributed by atoms with Crippen molar-refractivity contribution in [3.63, 3.8) is 0 Å². The van der Waals surface area contributed by atoms with Crippen LogP contribution in [-0.4, -0.2) is 18.0 Å². The molecule has 124 valence electrons. The molecule has 1 aliphatic rings. The molecule has 0 spiro atoms. The van der Waals surface area contributed by atoms with E-state index in [9.17, 15) is 22.8 Å². The van der Waals surface area contributed by atoms with E-state index < -0.39 is 12.1 Å². The van der Waals surface area contributed by atoms with Gasteiger partial charge in [-0.15, -0.1) is 0 Å². The average molecular weight is 326 g/mol. The largest absolute Gasteiger partial charge is 0.471 e. The number of allylic oxidation sites excluding steroid dienone is 1. The number of carbonyl (C=O) groups excluding carboxylic acids is 2. The Morgan fingerprint density at radius 1 is 0.913 bits per heavy atom. The Hall–Kier alpha value is -2.31. The summed E-state index contributed by atoms with van der Waals surface area (Å²) in [7, 11) is 0. The van der Waals surface area contributed by atoms with E-state index in [1.165, 1.54) is 30.7 Å². The minimum atomic E-state index is -4.93. The highest BCUT2D eigenvalue weighted by molar-refractivity contribution is 6.00. The number of nitrogens with one attached hydrogen (secondary N) is 2. The number of hydrogen-bond donors (Lipinski definition) is 2. The van der Waals surface area contributed by atoms with Crippen LogP contribution in [0.15, 0.2) is 35.9 Å².